The van der Waals surface area contributed by atoms with Crippen molar-refractivity contribution in [2.24, 2.45) is 0 Å². The van der Waals surface area contributed by atoms with Crippen molar-refractivity contribution in [1.82, 2.24) is 14.7 Å². The average Bonchev–Trinajstić information content (AvgIpc) is 3.45. The summed E-state index contributed by atoms with van der Waals surface area (Å²) in [6.07, 6.45) is 1.52. The van der Waals surface area contributed by atoms with Crippen molar-refractivity contribution in [2.75, 3.05) is 39.3 Å². The van der Waals surface area contributed by atoms with Gasteiger partial charge in [-0.15, -0.1) is 0 Å². The second kappa shape index (κ2) is 5.95. The number of phenols is 1. The molecule has 1 aliphatic carbocycles. The Labute approximate surface area is 146 Å². The number of aryl methyl sites for hydroxylation is 1. The van der Waals surface area contributed by atoms with Crippen LogP contribution in [0.2, 0.25) is 0 Å². The maximum Gasteiger partial charge on any atom is 0.227 e. The number of Topliss-reactive ketones (excluding diaryl/α,β-unsaturated/α-hetero) is 1. The molecule has 0 atom stereocenters. The Bertz CT molecular complexity index is 762. The molecule has 0 aromatic heterocycles. The summed E-state index contributed by atoms with van der Waals surface area (Å²) in [7, 11) is 0. The van der Waals surface area contributed by atoms with Gasteiger partial charge in [0.25, 0.3) is 0 Å². The minimum Gasteiger partial charge on any atom is -0.508 e. The molecule has 5 rings (SSSR count). The van der Waals surface area contributed by atoms with E-state index in [2.05, 4.69) is 0 Å². The Morgan fingerprint density at radius 2 is 1.32 bits per heavy atom. The highest BCUT2D eigenvalue weighted by molar-refractivity contribution is 6.22. The summed E-state index contributed by atoms with van der Waals surface area (Å²) in [5.41, 5.74) is 3.06. The Balaban J connectivity index is 0.000000166. The van der Waals surface area contributed by atoms with Crippen molar-refractivity contribution < 1.29 is 14.7 Å². The number of hydrogen-bond donors (Lipinski definition) is 1. The molecule has 0 spiro atoms. The third-order valence-electron chi connectivity index (χ3n) is 4.52. The third kappa shape index (κ3) is 3.38. The Hall–Kier alpha value is -2.76. The van der Waals surface area contributed by atoms with E-state index >= 15 is 0 Å². The summed E-state index contributed by atoms with van der Waals surface area (Å²) in [6, 6.07) is 7.09. The van der Waals surface area contributed by atoms with Crippen LogP contribution in [0.4, 0.5) is 0 Å². The number of allylic oxidation sites excluding steroid dienone is 1. The molecule has 0 saturated carbocycles. The molecule has 3 aliphatic heterocycles. The van der Waals surface area contributed by atoms with Crippen molar-refractivity contribution in [1.29, 1.82) is 0 Å². The van der Waals surface area contributed by atoms with Crippen LogP contribution in [0.1, 0.15) is 5.56 Å². The van der Waals surface area contributed by atoms with Gasteiger partial charge in [-0.3, -0.25) is 9.59 Å². The minimum atomic E-state index is 0.00546. The van der Waals surface area contributed by atoms with Gasteiger partial charge < -0.3 is 19.8 Å². The average molecular weight is 339 g/mol. The first-order chi connectivity index (χ1) is 12.0. The minimum absolute atomic E-state index is 0.00546. The Morgan fingerprint density at radius 3 is 1.80 bits per heavy atom. The third-order valence-corrected chi connectivity index (χ3v) is 4.52. The number of rotatable bonds is 3. The zero-order valence-corrected chi connectivity index (χ0v) is 14.2. The number of ketones is 2. The number of aromatic hydroxyl groups is 1. The second-order valence-electron chi connectivity index (χ2n) is 6.72. The van der Waals surface area contributed by atoms with E-state index in [1.165, 1.54) is 11.6 Å². The van der Waals surface area contributed by atoms with Crippen LogP contribution in [0.5, 0.6) is 5.75 Å². The molecule has 0 amide bonds. The molecule has 0 unspecified atom stereocenters. The van der Waals surface area contributed by atoms with Crippen LogP contribution < -0.4 is 0 Å². The summed E-state index contributed by atoms with van der Waals surface area (Å²) in [5, 5.41) is 8.76. The van der Waals surface area contributed by atoms with Gasteiger partial charge >= 0.3 is 0 Å². The quantitative estimate of drug-likeness (QED) is 0.652. The molecule has 3 heterocycles. The molecule has 4 aliphatic rings. The first-order valence-electron chi connectivity index (χ1n) is 8.60. The van der Waals surface area contributed by atoms with Crippen molar-refractivity contribution >= 4 is 11.6 Å². The molecule has 6 nitrogen and oxygen atoms in total. The van der Waals surface area contributed by atoms with E-state index in [0.717, 1.165) is 39.3 Å². The van der Waals surface area contributed by atoms with Crippen LogP contribution in [0, 0.1) is 6.92 Å². The molecular weight excluding hydrogens is 318 g/mol. The lowest BCUT2D eigenvalue weighted by Crippen LogP contribution is -2.29. The lowest BCUT2D eigenvalue weighted by atomic mass is 10.0. The van der Waals surface area contributed by atoms with E-state index in [4.69, 9.17) is 5.11 Å². The Kier molecular flexibility index (Phi) is 3.75. The van der Waals surface area contributed by atoms with E-state index in [1.54, 1.807) is 12.1 Å². The van der Waals surface area contributed by atoms with Gasteiger partial charge in [0.2, 0.25) is 11.6 Å². The number of carbonyl (C=O) groups excluding carboxylic acids is 2. The van der Waals surface area contributed by atoms with E-state index in [1.807, 2.05) is 33.8 Å². The van der Waals surface area contributed by atoms with Gasteiger partial charge in [-0.2, -0.15) is 0 Å². The van der Waals surface area contributed by atoms with Crippen LogP contribution in [-0.4, -0.2) is 70.6 Å². The first kappa shape index (κ1) is 15.7. The molecule has 1 aromatic rings. The van der Waals surface area contributed by atoms with Gasteiger partial charge in [0.05, 0.1) is 5.70 Å². The fraction of sp³-hybridized carbons (Fsp3) is 0.368. The maximum atomic E-state index is 12.4. The van der Waals surface area contributed by atoms with Crippen molar-refractivity contribution in [2.45, 2.75) is 6.92 Å². The van der Waals surface area contributed by atoms with Gasteiger partial charge in [0.15, 0.2) is 0 Å². The van der Waals surface area contributed by atoms with E-state index in [0.29, 0.717) is 22.8 Å². The fourth-order valence-electron chi connectivity index (χ4n) is 2.82. The molecule has 1 aromatic carbocycles. The highest BCUT2D eigenvalue weighted by atomic mass is 16.3. The molecule has 1 N–H and O–H groups in total. The molecule has 0 bridgehead atoms. The van der Waals surface area contributed by atoms with Gasteiger partial charge in [-0.05, 0) is 19.1 Å². The van der Waals surface area contributed by atoms with E-state index < -0.39 is 0 Å². The zero-order valence-electron chi connectivity index (χ0n) is 14.2. The summed E-state index contributed by atoms with van der Waals surface area (Å²) in [5.74, 6) is 0.378. The van der Waals surface area contributed by atoms with E-state index in [-0.39, 0.29) is 11.6 Å². The number of nitrogens with zero attached hydrogens (tertiary/aromatic N) is 3. The zero-order chi connectivity index (χ0) is 17.6. The number of hydrogen-bond acceptors (Lipinski definition) is 6. The standard InChI is InChI=1S/C12H13N3O2.C7H8O/c16-9-7-8(13-1-2-13)12(17)11(15-5-6-15)10(9)14-3-4-14;1-6-2-4-7(8)5-3-6/h7H,1-6H2;2-5,8H,1H3. The first-order valence-corrected chi connectivity index (χ1v) is 8.60. The summed E-state index contributed by atoms with van der Waals surface area (Å²) < 4.78 is 0. The van der Waals surface area contributed by atoms with Gasteiger partial charge in [-0.1, -0.05) is 17.7 Å². The predicted octanol–water partition coefficient (Wildman–Crippen LogP) is 0.881. The summed E-state index contributed by atoms with van der Waals surface area (Å²) in [6.45, 7) is 7.39. The van der Waals surface area contributed by atoms with Crippen LogP contribution in [-0.2, 0) is 9.59 Å². The van der Waals surface area contributed by atoms with Crippen molar-refractivity contribution in [3.63, 3.8) is 0 Å². The molecule has 3 fully saturated rings. The normalized spacial score (nSPS) is 21.0. The molecule has 6 heteroatoms. The molecule has 3 saturated heterocycles. The van der Waals surface area contributed by atoms with Crippen LogP contribution >= 0.6 is 0 Å². The summed E-state index contributed by atoms with van der Waals surface area (Å²) >= 11 is 0. The van der Waals surface area contributed by atoms with Gasteiger partial charge in [0.1, 0.15) is 17.1 Å². The van der Waals surface area contributed by atoms with Crippen molar-refractivity contribution in [3.05, 3.63) is 53.0 Å². The van der Waals surface area contributed by atoms with E-state index in [9.17, 15) is 9.59 Å². The number of benzene rings is 1. The highest BCUT2D eigenvalue weighted by Gasteiger charge is 2.43. The molecule has 25 heavy (non-hydrogen) atoms. The largest absolute Gasteiger partial charge is 0.508 e. The fourth-order valence-corrected chi connectivity index (χ4v) is 2.82. The second-order valence-corrected chi connectivity index (χ2v) is 6.72. The molecule has 0 radical (unpaired) electrons. The van der Waals surface area contributed by atoms with Crippen molar-refractivity contribution in [3.8, 4) is 5.75 Å². The lowest BCUT2D eigenvalue weighted by Gasteiger charge is -2.21. The SMILES string of the molecule is Cc1ccc(O)cc1.O=C1C=C(N2CC2)C(=O)C(N2CC2)=C1N1CC1. The topological polar surface area (TPSA) is 63.4 Å². The molecule has 130 valence electrons. The summed E-state index contributed by atoms with van der Waals surface area (Å²) in [4.78, 5) is 30.5. The van der Waals surface area contributed by atoms with Gasteiger partial charge in [0, 0.05) is 45.3 Å². The Morgan fingerprint density at radius 1 is 0.800 bits per heavy atom. The molecular formula is C19H21N3O3. The van der Waals surface area contributed by atoms with Crippen LogP contribution in [0.25, 0.3) is 0 Å². The maximum absolute atomic E-state index is 12.4. The number of phenolic OH excluding ortho intramolecular Hbond substituents is 1. The highest BCUT2D eigenvalue weighted by Crippen LogP contribution is 2.33. The monoisotopic (exact) mass is 339 g/mol. The van der Waals surface area contributed by atoms with Crippen LogP contribution in [0.3, 0.4) is 0 Å². The van der Waals surface area contributed by atoms with Gasteiger partial charge in [-0.25, -0.2) is 0 Å². The lowest BCUT2D eigenvalue weighted by molar-refractivity contribution is -0.117. The van der Waals surface area contributed by atoms with Crippen LogP contribution in [0.15, 0.2) is 47.4 Å². The number of carbonyl (C=O) groups is 2. The smallest absolute Gasteiger partial charge is 0.227 e. The predicted molar refractivity (Wildman–Crippen MR) is 92.7 cm³/mol.